The molecule has 0 radical (unpaired) electrons. The number of aromatic carboxylic acids is 1. The number of aliphatic hydroxyl groups excluding tert-OH is 1. The molecule has 0 saturated carbocycles. The third-order valence-electron chi connectivity index (χ3n) is 1.65. The number of carboxylic acid groups (broad SMARTS) is 1. The average molecular weight is 170 g/mol. The fraction of sp³-hybridized carbons (Fsp3) is 0.429. The monoisotopic (exact) mass is 170 g/mol. The minimum atomic E-state index is -0.989. The number of nitrogens with zero attached hydrogens (tertiary/aromatic N) is 2. The molecular weight excluding hydrogens is 160 g/mol. The minimum absolute atomic E-state index is 0.0401. The van der Waals surface area contributed by atoms with E-state index in [0.717, 1.165) is 0 Å². The Morgan fingerprint density at radius 2 is 2.42 bits per heavy atom. The first kappa shape index (κ1) is 8.73. The highest BCUT2D eigenvalue weighted by Gasteiger charge is 2.11. The van der Waals surface area contributed by atoms with Gasteiger partial charge >= 0.3 is 5.97 Å². The second kappa shape index (κ2) is 3.36. The molecule has 0 atom stereocenters. The van der Waals surface area contributed by atoms with Crippen LogP contribution in [0.1, 0.15) is 16.1 Å². The number of hydrogen-bond acceptors (Lipinski definition) is 3. The van der Waals surface area contributed by atoms with E-state index in [1.165, 1.54) is 10.9 Å². The smallest absolute Gasteiger partial charge is 0.339 e. The molecule has 1 aromatic rings. The molecule has 12 heavy (non-hydrogen) atoms. The first-order valence-corrected chi connectivity index (χ1v) is 3.53. The van der Waals surface area contributed by atoms with Crippen molar-refractivity contribution in [2.75, 3.05) is 6.61 Å². The highest BCUT2D eigenvalue weighted by Crippen LogP contribution is 2.05. The van der Waals surface area contributed by atoms with Crippen LogP contribution in [0.4, 0.5) is 0 Å². The van der Waals surface area contributed by atoms with Crippen LogP contribution in [-0.2, 0) is 6.54 Å². The van der Waals surface area contributed by atoms with Crippen molar-refractivity contribution < 1.29 is 15.0 Å². The summed E-state index contributed by atoms with van der Waals surface area (Å²) in [6.45, 7) is 1.95. The van der Waals surface area contributed by atoms with Crippen molar-refractivity contribution in [3.63, 3.8) is 0 Å². The van der Waals surface area contributed by atoms with E-state index in [1.807, 2.05) is 0 Å². The Kier molecular flexibility index (Phi) is 2.44. The number of hydrogen-bond donors (Lipinski definition) is 2. The van der Waals surface area contributed by atoms with Gasteiger partial charge in [-0.05, 0) is 6.92 Å². The van der Waals surface area contributed by atoms with Crippen molar-refractivity contribution in [3.05, 3.63) is 17.5 Å². The van der Waals surface area contributed by atoms with Gasteiger partial charge in [-0.3, -0.25) is 4.68 Å². The fourth-order valence-corrected chi connectivity index (χ4v) is 0.977. The summed E-state index contributed by atoms with van der Waals surface area (Å²) in [6.07, 6.45) is 1.29. The molecule has 66 valence electrons. The lowest BCUT2D eigenvalue weighted by molar-refractivity contribution is 0.0696. The average Bonchev–Trinajstić information content (AvgIpc) is 2.34. The van der Waals surface area contributed by atoms with Gasteiger partial charge in [-0.15, -0.1) is 0 Å². The van der Waals surface area contributed by atoms with E-state index in [4.69, 9.17) is 10.2 Å². The Bertz CT molecular complexity index is 293. The lowest BCUT2D eigenvalue weighted by atomic mass is 10.3. The summed E-state index contributed by atoms with van der Waals surface area (Å²) in [7, 11) is 0. The van der Waals surface area contributed by atoms with E-state index in [-0.39, 0.29) is 12.2 Å². The van der Waals surface area contributed by atoms with E-state index < -0.39 is 5.97 Å². The van der Waals surface area contributed by atoms with Crippen LogP contribution in [0, 0.1) is 6.92 Å². The zero-order valence-corrected chi connectivity index (χ0v) is 6.69. The minimum Gasteiger partial charge on any atom is -0.478 e. The van der Waals surface area contributed by atoms with Gasteiger partial charge in [-0.25, -0.2) is 4.79 Å². The van der Waals surface area contributed by atoms with Gasteiger partial charge in [-0.1, -0.05) is 0 Å². The molecular formula is C7H10N2O3. The van der Waals surface area contributed by atoms with Crippen molar-refractivity contribution in [1.29, 1.82) is 0 Å². The van der Waals surface area contributed by atoms with Gasteiger partial charge in [0.25, 0.3) is 0 Å². The summed E-state index contributed by atoms with van der Waals surface area (Å²) < 4.78 is 1.46. The standard InChI is InChI=1S/C7H10N2O3/c1-5-6(7(11)12)4-8-9(5)2-3-10/h4,10H,2-3H2,1H3,(H,11,12). The molecule has 0 fully saturated rings. The number of carboxylic acids is 1. The second-order valence-electron chi connectivity index (χ2n) is 2.40. The van der Waals surface area contributed by atoms with Crippen LogP contribution in [0.5, 0.6) is 0 Å². The van der Waals surface area contributed by atoms with Gasteiger partial charge in [0, 0.05) is 5.69 Å². The molecule has 0 saturated heterocycles. The van der Waals surface area contributed by atoms with Crippen molar-refractivity contribution in [3.8, 4) is 0 Å². The van der Waals surface area contributed by atoms with Crippen LogP contribution in [0.15, 0.2) is 6.20 Å². The molecule has 0 aliphatic heterocycles. The lowest BCUT2D eigenvalue weighted by Gasteiger charge is -2.00. The topological polar surface area (TPSA) is 75.3 Å². The maximum absolute atomic E-state index is 10.5. The van der Waals surface area contributed by atoms with Crippen LogP contribution < -0.4 is 0 Å². The van der Waals surface area contributed by atoms with Crippen LogP contribution in [-0.4, -0.2) is 32.6 Å². The Hall–Kier alpha value is -1.36. The number of carbonyl (C=O) groups is 1. The quantitative estimate of drug-likeness (QED) is 0.663. The number of aliphatic hydroxyl groups is 1. The fourth-order valence-electron chi connectivity index (χ4n) is 0.977. The molecule has 1 heterocycles. The van der Waals surface area contributed by atoms with Crippen LogP contribution >= 0.6 is 0 Å². The zero-order valence-electron chi connectivity index (χ0n) is 6.69. The van der Waals surface area contributed by atoms with Gasteiger partial charge in [0.15, 0.2) is 0 Å². The Morgan fingerprint density at radius 3 is 2.83 bits per heavy atom. The molecule has 0 unspecified atom stereocenters. The van der Waals surface area contributed by atoms with E-state index in [0.29, 0.717) is 12.2 Å². The highest BCUT2D eigenvalue weighted by molar-refractivity contribution is 5.88. The van der Waals surface area contributed by atoms with Gasteiger partial charge in [0.2, 0.25) is 0 Å². The highest BCUT2D eigenvalue weighted by atomic mass is 16.4. The maximum Gasteiger partial charge on any atom is 0.339 e. The molecule has 0 aromatic carbocycles. The molecule has 5 nitrogen and oxygen atoms in total. The van der Waals surface area contributed by atoms with Gasteiger partial charge in [0.05, 0.1) is 19.3 Å². The Balaban J connectivity index is 2.96. The van der Waals surface area contributed by atoms with Gasteiger partial charge in [0.1, 0.15) is 5.56 Å². The molecule has 1 rings (SSSR count). The molecule has 5 heteroatoms. The lowest BCUT2D eigenvalue weighted by Crippen LogP contribution is -2.07. The summed E-state index contributed by atoms with van der Waals surface area (Å²) in [5, 5.41) is 21.0. The normalized spacial score (nSPS) is 10.2. The Morgan fingerprint density at radius 1 is 1.75 bits per heavy atom. The van der Waals surface area contributed by atoms with Crippen molar-refractivity contribution >= 4 is 5.97 Å². The molecule has 0 spiro atoms. The number of aromatic nitrogens is 2. The van der Waals surface area contributed by atoms with Crippen molar-refractivity contribution in [2.45, 2.75) is 13.5 Å². The third-order valence-corrected chi connectivity index (χ3v) is 1.65. The summed E-state index contributed by atoms with van der Waals surface area (Å²) in [4.78, 5) is 10.5. The largest absolute Gasteiger partial charge is 0.478 e. The Labute approximate surface area is 69.2 Å². The predicted molar refractivity (Wildman–Crippen MR) is 41.0 cm³/mol. The van der Waals surface area contributed by atoms with E-state index >= 15 is 0 Å². The maximum atomic E-state index is 10.5. The number of rotatable bonds is 3. The summed E-state index contributed by atoms with van der Waals surface area (Å²) >= 11 is 0. The molecule has 2 N–H and O–H groups in total. The summed E-state index contributed by atoms with van der Waals surface area (Å²) in [5.74, 6) is -0.989. The van der Waals surface area contributed by atoms with E-state index in [1.54, 1.807) is 6.92 Å². The predicted octanol–water partition coefficient (Wildman–Crippen LogP) is -0.118. The molecule has 1 aromatic heterocycles. The summed E-state index contributed by atoms with van der Waals surface area (Å²) in [6, 6.07) is 0. The van der Waals surface area contributed by atoms with Crippen LogP contribution in [0.25, 0.3) is 0 Å². The van der Waals surface area contributed by atoms with Crippen LogP contribution in [0.3, 0.4) is 0 Å². The molecule has 0 aliphatic rings. The first-order chi connectivity index (χ1) is 5.66. The van der Waals surface area contributed by atoms with E-state index in [9.17, 15) is 4.79 Å². The van der Waals surface area contributed by atoms with Crippen LogP contribution in [0.2, 0.25) is 0 Å². The van der Waals surface area contributed by atoms with Crippen molar-refractivity contribution in [1.82, 2.24) is 9.78 Å². The third kappa shape index (κ3) is 1.45. The van der Waals surface area contributed by atoms with E-state index in [2.05, 4.69) is 5.10 Å². The SMILES string of the molecule is Cc1c(C(=O)O)cnn1CCO. The van der Waals surface area contributed by atoms with Gasteiger partial charge < -0.3 is 10.2 Å². The molecule has 0 bridgehead atoms. The molecule has 0 aliphatic carbocycles. The zero-order chi connectivity index (χ0) is 9.14. The second-order valence-corrected chi connectivity index (χ2v) is 2.40. The summed E-state index contributed by atoms with van der Waals surface area (Å²) in [5.41, 5.74) is 0.750. The molecule has 0 amide bonds. The van der Waals surface area contributed by atoms with Gasteiger partial charge in [-0.2, -0.15) is 5.10 Å². The first-order valence-electron chi connectivity index (χ1n) is 3.53. The van der Waals surface area contributed by atoms with Crippen molar-refractivity contribution in [2.24, 2.45) is 0 Å².